The van der Waals surface area contributed by atoms with E-state index in [0.717, 1.165) is 11.3 Å². The van der Waals surface area contributed by atoms with Crippen LogP contribution in [0.5, 0.6) is 11.5 Å². The summed E-state index contributed by atoms with van der Waals surface area (Å²) in [7, 11) is 1.80. The summed E-state index contributed by atoms with van der Waals surface area (Å²) in [4.78, 5) is 15.8. The number of benzene rings is 1. The van der Waals surface area contributed by atoms with Gasteiger partial charge < -0.3 is 14.4 Å². The number of likely N-dealkylation sites (N-methyl/N-ethyl adjacent to an activating group) is 2. The molecule has 1 heterocycles. The Kier molecular flexibility index (Phi) is 5.60. The van der Waals surface area contributed by atoms with Gasteiger partial charge in [0.1, 0.15) is 17.2 Å². The Morgan fingerprint density at radius 3 is 2.43 bits per heavy atom. The van der Waals surface area contributed by atoms with Gasteiger partial charge in [0, 0.05) is 25.2 Å². The van der Waals surface area contributed by atoms with Crippen molar-refractivity contribution >= 4 is 29.3 Å². The quantitative estimate of drug-likeness (QED) is 0.591. The summed E-state index contributed by atoms with van der Waals surface area (Å²) in [5.41, 5.74) is 1.37. The Morgan fingerprint density at radius 1 is 1.17 bits per heavy atom. The first-order chi connectivity index (χ1) is 11.0. The van der Waals surface area contributed by atoms with Crippen molar-refractivity contribution in [3.8, 4) is 11.5 Å². The molecule has 0 spiro atoms. The number of hydrogen-bond donors (Lipinski definition) is 0. The Labute approximate surface area is 142 Å². The molecule has 0 aromatic heterocycles. The molecule has 1 fully saturated rings. The van der Waals surface area contributed by atoms with Crippen molar-refractivity contribution in [3.63, 3.8) is 0 Å². The van der Waals surface area contributed by atoms with Crippen molar-refractivity contribution in [3.05, 3.63) is 29.5 Å². The molecule has 124 valence electrons. The molecule has 2 rings (SSSR count). The van der Waals surface area contributed by atoms with Gasteiger partial charge in [-0.2, -0.15) is 0 Å². The molecule has 1 saturated heterocycles. The van der Waals surface area contributed by atoms with Gasteiger partial charge in [-0.1, -0.05) is 0 Å². The zero-order valence-electron chi connectivity index (χ0n) is 14.0. The van der Waals surface area contributed by atoms with Crippen LogP contribution in [0.4, 0.5) is 0 Å². The van der Waals surface area contributed by atoms with E-state index in [1.165, 1.54) is 0 Å². The molecule has 1 aliphatic heterocycles. The minimum atomic E-state index is -0.0867. The van der Waals surface area contributed by atoms with Gasteiger partial charge in [-0.15, -0.1) is 0 Å². The van der Waals surface area contributed by atoms with E-state index in [-0.39, 0.29) is 5.91 Å². The zero-order valence-corrected chi connectivity index (χ0v) is 14.8. The highest BCUT2D eigenvalue weighted by Gasteiger charge is 2.34. The third-order valence-electron chi connectivity index (χ3n) is 3.55. The summed E-state index contributed by atoms with van der Waals surface area (Å²) in [6.45, 7) is 7.44. The first-order valence-electron chi connectivity index (χ1n) is 7.74. The van der Waals surface area contributed by atoms with E-state index in [4.69, 9.17) is 21.7 Å². The van der Waals surface area contributed by atoms with Crippen molar-refractivity contribution in [2.24, 2.45) is 0 Å². The molecule has 1 aromatic rings. The highest BCUT2D eigenvalue weighted by Crippen LogP contribution is 2.29. The Hall–Kier alpha value is -2.08. The Balaban J connectivity index is 2.41. The summed E-state index contributed by atoms with van der Waals surface area (Å²) in [5.74, 6) is 1.35. The lowest BCUT2D eigenvalue weighted by molar-refractivity contribution is -0.122. The number of ether oxygens (including phenoxy) is 2. The molecule has 0 aliphatic carbocycles. The number of rotatable bonds is 6. The van der Waals surface area contributed by atoms with Crippen LogP contribution in [-0.4, -0.2) is 47.6 Å². The summed E-state index contributed by atoms with van der Waals surface area (Å²) < 4.78 is 11.2. The maximum Gasteiger partial charge on any atom is 0.276 e. The molecular weight excluding hydrogens is 312 g/mol. The SMILES string of the molecule is CCOc1ccc(/C=C2\C(=O)N(CC)C(=S)N2C)c(OCC)c1. The number of hydrogen-bond acceptors (Lipinski definition) is 4. The van der Waals surface area contributed by atoms with Crippen LogP contribution in [0.25, 0.3) is 6.08 Å². The predicted octanol–water partition coefficient (Wildman–Crippen LogP) is 2.90. The number of carbonyl (C=O) groups excluding carboxylic acids is 1. The van der Waals surface area contributed by atoms with Crippen LogP contribution in [-0.2, 0) is 4.79 Å². The number of thiocarbonyl (C=S) groups is 1. The fourth-order valence-corrected chi connectivity index (χ4v) is 2.72. The van der Waals surface area contributed by atoms with Crippen molar-refractivity contribution in [2.75, 3.05) is 26.8 Å². The molecule has 1 aromatic carbocycles. The third-order valence-corrected chi connectivity index (χ3v) is 4.04. The molecule has 1 amide bonds. The number of nitrogens with zero attached hydrogens (tertiary/aromatic N) is 2. The summed E-state index contributed by atoms with van der Waals surface area (Å²) in [6, 6.07) is 5.60. The largest absolute Gasteiger partial charge is 0.494 e. The highest BCUT2D eigenvalue weighted by atomic mass is 32.1. The van der Waals surface area contributed by atoms with E-state index in [9.17, 15) is 4.79 Å². The van der Waals surface area contributed by atoms with Gasteiger partial charge in [0.2, 0.25) is 0 Å². The van der Waals surface area contributed by atoms with Crippen LogP contribution < -0.4 is 9.47 Å². The summed E-state index contributed by atoms with van der Waals surface area (Å²) >= 11 is 5.31. The number of carbonyl (C=O) groups is 1. The van der Waals surface area contributed by atoms with Crippen LogP contribution in [0.15, 0.2) is 23.9 Å². The molecule has 0 unspecified atom stereocenters. The normalized spacial score (nSPS) is 16.4. The Bertz CT molecular complexity index is 643. The van der Waals surface area contributed by atoms with Crippen molar-refractivity contribution in [2.45, 2.75) is 20.8 Å². The lowest BCUT2D eigenvalue weighted by Crippen LogP contribution is -2.30. The van der Waals surface area contributed by atoms with Crippen LogP contribution in [0.2, 0.25) is 0 Å². The van der Waals surface area contributed by atoms with Gasteiger partial charge in [-0.3, -0.25) is 9.69 Å². The van der Waals surface area contributed by atoms with Crippen LogP contribution in [0.3, 0.4) is 0 Å². The van der Waals surface area contributed by atoms with Gasteiger partial charge in [0.15, 0.2) is 5.11 Å². The third kappa shape index (κ3) is 3.47. The van der Waals surface area contributed by atoms with Gasteiger partial charge in [0.05, 0.1) is 13.2 Å². The van der Waals surface area contributed by atoms with Gasteiger partial charge in [-0.05, 0) is 51.2 Å². The molecule has 23 heavy (non-hydrogen) atoms. The molecular formula is C17H22N2O3S. The molecule has 1 aliphatic rings. The molecule has 0 atom stereocenters. The Morgan fingerprint density at radius 2 is 1.87 bits per heavy atom. The maximum absolute atomic E-state index is 12.5. The zero-order chi connectivity index (χ0) is 17.0. The number of amides is 1. The maximum atomic E-state index is 12.5. The molecule has 6 heteroatoms. The van der Waals surface area contributed by atoms with E-state index in [1.54, 1.807) is 16.8 Å². The summed E-state index contributed by atoms with van der Waals surface area (Å²) in [5, 5.41) is 0.521. The average molecular weight is 334 g/mol. The molecule has 0 saturated carbocycles. The van der Waals surface area contributed by atoms with E-state index in [1.807, 2.05) is 45.0 Å². The smallest absolute Gasteiger partial charge is 0.276 e. The van der Waals surface area contributed by atoms with E-state index >= 15 is 0 Å². The van der Waals surface area contributed by atoms with Gasteiger partial charge >= 0.3 is 0 Å². The van der Waals surface area contributed by atoms with E-state index in [2.05, 4.69) is 0 Å². The molecule has 0 bridgehead atoms. The second-order valence-electron chi connectivity index (χ2n) is 4.99. The molecule has 0 radical (unpaired) electrons. The van der Waals surface area contributed by atoms with E-state index in [0.29, 0.717) is 36.3 Å². The van der Waals surface area contributed by atoms with Crippen LogP contribution in [0.1, 0.15) is 26.3 Å². The summed E-state index contributed by atoms with van der Waals surface area (Å²) in [6.07, 6.45) is 1.81. The lowest BCUT2D eigenvalue weighted by Gasteiger charge is -2.14. The second-order valence-corrected chi connectivity index (χ2v) is 5.35. The predicted molar refractivity (Wildman–Crippen MR) is 94.5 cm³/mol. The van der Waals surface area contributed by atoms with Gasteiger partial charge in [-0.25, -0.2) is 0 Å². The second kappa shape index (κ2) is 7.46. The molecule has 5 nitrogen and oxygen atoms in total. The van der Waals surface area contributed by atoms with Crippen molar-refractivity contribution < 1.29 is 14.3 Å². The van der Waals surface area contributed by atoms with E-state index < -0.39 is 0 Å². The monoisotopic (exact) mass is 334 g/mol. The standard InChI is InChI=1S/C17H22N2O3S/c1-5-19-16(20)14(18(4)17(19)23)10-12-8-9-13(21-6-2)11-15(12)22-7-3/h8-11H,5-7H2,1-4H3/b14-10+. The average Bonchev–Trinajstić information content (AvgIpc) is 2.73. The minimum absolute atomic E-state index is 0.0867. The first kappa shape index (κ1) is 17.3. The van der Waals surface area contributed by atoms with Crippen molar-refractivity contribution in [1.82, 2.24) is 9.80 Å². The highest BCUT2D eigenvalue weighted by molar-refractivity contribution is 7.80. The van der Waals surface area contributed by atoms with Crippen LogP contribution >= 0.6 is 12.2 Å². The lowest BCUT2D eigenvalue weighted by atomic mass is 10.1. The van der Waals surface area contributed by atoms with Crippen molar-refractivity contribution in [1.29, 1.82) is 0 Å². The van der Waals surface area contributed by atoms with Gasteiger partial charge in [0.25, 0.3) is 5.91 Å². The topological polar surface area (TPSA) is 42.0 Å². The molecule has 0 N–H and O–H groups in total. The van der Waals surface area contributed by atoms with Crippen LogP contribution in [0, 0.1) is 0 Å². The first-order valence-corrected chi connectivity index (χ1v) is 8.15. The fourth-order valence-electron chi connectivity index (χ4n) is 2.41. The fraction of sp³-hybridized carbons (Fsp3) is 0.412. The minimum Gasteiger partial charge on any atom is -0.494 e.